The topological polar surface area (TPSA) is 55.1 Å². The van der Waals surface area contributed by atoms with Gasteiger partial charge in [-0.3, -0.25) is 4.79 Å². The van der Waals surface area contributed by atoms with Crippen molar-refractivity contribution in [2.75, 3.05) is 6.54 Å². The molecule has 3 nitrogen and oxygen atoms in total. The summed E-state index contributed by atoms with van der Waals surface area (Å²) in [6, 6.07) is 6.18. The predicted octanol–water partition coefficient (Wildman–Crippen LogP) is 1.64. The minimum atomic E-state index is 0.0462. The van der Waals surface area contributed by atoms with E-state index in [4.69, 9.17) is 5.73 Å². The van der Waals surface area contributed by atoms with Crippen LogP contribution in [0.25, 0.3) is 0 Å². The molecule has 3 N–H and O–H groups in total. The maximum absolute atomic E-state index is 12.2. The number of carbonyl (C=O) groups is 1. The maximum atomic E-state index is 12.2. The number of nitrogens with one attached hydrogen (secondary N) is 1. The highest BCUT2D eigenvalue weighted by Gasteiger charge is 2.28. The van der Waals surface area contributed by atoms with Crippen molar-refractivity contribution in [1.82, 2.24) is 5.32 Å². The standard InChI is InChI=1S/C15H20N2O/c16-14(11-7-8-11)9-17-15(18)13-6-2-4-10-3-1-5-12(10)13/h2,4,6,11,14H,1,3,5,7-9,16H2,(H,17,18). The highest BCUT2D eigenvalue weighted by atomic mass is 16.1. The van der Waals surface area contributed by atoms with E-state index in [0.29, 0.717) is 12.5 Å². The predicted molar refractivity (Wildman–Crippen MR) is 71.5 cm³/mol. The summed E-state index contributed by atoms with van der Waals surface area (Å²) in [5.41, 5.74) is 9.45. The van der Waals surface area contributed by atoms with Crippen LogP contribution >= 0.6 is 0 Å². The van der Waals surface area contributed by atoms with Gasteiger partial charge < -0.3 is 11.1 Å². The van der Waals surface area contributed by atoms with Crippen LogP contribution in [0, 0.1) is 5.92 Å². The van der Waals surface area contributed by atoms with Crippen molar-refractivity contribution in [1.29, 1.82) is 0 Å². The third kappa shape index (κ3) is 2.27. The lowest BCUT2D eigenvalue weighted by Crippen LogP contribution is -2.38. The fourth-order valence-electron chi connectivity index (χ4n) is 2.83. The molecule has 3 heteroatoms. The Labute approximate surface area is 108 Å². The quantitative estimate of drug-likeness (QED) is 0.846. The monoisotopic (exact) mass is 244 g/mol. The number of rotatable bonds is 4. The Morgan fingerprint density at radius 1 is 1.39 bits per heavy atom. The van der Waals surface area contributed by atoms with Gasteiger partial charge >= 0.3 is 0 Å². The molecular formula is C15H20N2O. The first-order valence-electron chi connectivity index (χ1n) is 6.90. The Morgan fingerprint density at radius 2 is 2.22 bits per heavy atom. The van der Waals surface area contributed by atoms with Crippen LogP contribution in [-0.2, 0) is 12.8 Å². The molecule has 0 aromatic heterocycles. The minimum absolute atomic E-state index is 0.0462. The first-order chi connectivity index (χ1) is 8.75. The third-order valence-electron chi connectivity index (χ3n) is 4.12. The van der Waals surface area contributed by atoms with Gasteiger partial charge in [-0.25, -0.2) is 0 Å². The highest BCUT2D eigenvalue weighted by molar-refractivity contribution is 5.96. The van der Waals surface area contributed by atoms with E-state index in [1.165, 1.54) is 30.4 Å². The molecule has 0 heterocycles. The lowest BCUT2D eigenvalue weighted by Gasteiger charge is -2.13. The van der Waals surface area contributed by atoms with E-state index in [1.807, 2.05) is 12.1 Å². The lowest BCUT2D eigenvalue weighted by atomic mass is 10.0. The molecule has 0 spiro atoms. The van der Waals surface area contributed by atoms with Crippen LogP contribution in [0.2, 0.25) is 0 Å². The zero-order valence-corrected chi connectivity index (χ0v) is 10.6. The van der Waals surface area contributed by atoms with E-state index in [9.17, 15) is 4.79 Å². The van der Waals surface area contributed by atoms with Gasteiger partial charge in [0.2, 0.25) is 0 Å². The number of hydrogen-bond acceptors (Lipinski definition) is 2. The average Bonchev–Trinajstić information content (AvgIpc) is 3.12. The molecule has 18 heavy (non-hydrogen) atoms. The Hall–Kier alpha value is -1.35. The molecule has 1 atom stereocenters. The second-order valence-electron chi connectivity index (χ2n) is 5.51. The number of aryl methyl sites for hydroxylation is 1. The van der Waals surface area contributed by atoms with Crippen LogP contribution in [0.4, 0.5) is 0 Å². The summed E-state index contributed by atoms with van der Waals surface area (Å²) in [7, 11) is 0. The Morgan fingerprint density at radius 3 is 3.00 bits per heavy atom. The molecular weight excluding hydrogens is 224 g/mol. The summed E-state index contributed by atoms with van der Waals surface area (Å²) < 4.78 is 0. The normalized spacial score (nSPS) is 19.4. The van der Waals surface area contributed by atoms with Gasteiger partial charge in [-0.2, -0.15) is 0 Å². The molecule has 2 aliphatic rings. The van der Waals surface area contributed by atoms with Gasteiger partial charge in [-0.1, -0.05) is 12.1 Å². The summed E-state index contributed by atoms with van der Waals surface area (Å²) in [5, 5.41) is 2.99. The number of amides is 1. The van der Waals surface area contributed by atoms with Crippen molar-refractivity contribution >= 4 is 5.91 Å². The van der Waals surface area contributed by atoms with Crippen LogP contribution in [0.3, 0.4) is 0 Å². The fourth-order valence-corrected chi connectivity index (χ4v) is 2.83. The Balaban J connectivity index is 1.67. The van der Waals surface area contributed by atoms with Crippen molar-refractivity contribution < 1.29 is 4.79 Å². The molecule has 1 amide bonds. The van der Waals surface area contributed by atoms with Gasteiger partial charge in [0.1, 0.15) is 0 Å². The van der Waals surface area contributed by atoms with Gasteiger partial charge in [0.15, 0.2) is 0 Å². The van der Waals surface area contributed by atoms with Gasteiger partial charge in [-0.15, -0.1) is 0 Å². The second-order valence-corrected chi connectivity index (χ2v) is 5.51. The van der Waals surface area contributed by atoms with Gasteiger partial charge in [-0.05, 0) is 55.2 Å². The van der Waals surface area contributed by atoms with Crippen molar-refractivity contribution in [3.8, 4) is 0 Å². The fraction of sp³-hybridized carbons (Fsp3) is 0.533. The van der Waals surface area contributed by atoms with E-state index >= 15 is 0 Å². The largest absolute Gasteiger partial charge is 0.350 e. The summed E-state index contributed by atoms with van der Waals surface area (Å²) in [5.74, 6) is 0.677. The summed E-state index contributed by atoms with van der Waals surface area (Å²) in [6.45, 7) is 0.604. The van der Waals surface area contributed by atoms with Crippen LogP contribution in [0.15, 0.2) is 18.2 Å². The number of nitrogens with two attached hydrogens (primary N) is 1. The van der Waals surface area contributed by atoms with E-state index < -0.39 is 0 Å². The molecule has 0 aliphatic heterocycles. The Bertz CT molecular complexity index is 466. The SMILES string of the molecule is NC(CNC(=O)c1cccc2c1CCC2)C1CC1. The van der Waals surface area contributed by atoms with Crippen LogP contribution in [-0.4, -0.2) is 18.5 Å². The summed E-state index contributed by atoms with van der Waals surface area (Å²) in [4.78, 5) is 12.2. The van der Waals surface area contributed by atoms with Crippen LogP contribution in [0.5, 0.6) is 0 Å². The van der Waals surface area contributed by atoms with Crippen molar-refractivity contribution in [2.24, 2.45) is 11.7 Å². The molecule has 3 rings (SSSR count). The van der Waals surface area contributed by atoms with E-state index in [-0.39, 0.29) is 11.9 Å². The van der Waals surface area contributed by atoms with E-state index in [1.54, 1.807) is 0 Å². The Kier molecular flexibility index (Phi) is 3.08. The van der Waals surface area contributed by atoms with Gasteiger partial charge in [0.25, 0.3) is 5.91 Å². The first-order valence-corrected chi connectivity index (χ1v) is 6.90. The maximum Gasteiger partial charge on any atom is 0.251 e. The van der Waals surface area contributed by atoms with Gasteiger partial charge in [0.05, 0.1) is 0 Å². The molecule has 1 unspecified atom stereocenters. The molecule has 1 aromatic carbocycles. The first kappa shape index (κ1) is 11.7. The number of hydrogen-bond donors (Lipinski definition) is 2. The third-order valence-corrected chi connectivity index (χ3v) is 4.12. The van der Waals surface area contributed by atoms with Gasteiger partial charge in [0, 0.05) is 18.2 Å². The van der Waals surface area contributed by atoms with Crippen molar-refractivity contribution in [3.05, 3.63) is 34.9 Å². The summed E-state index contributed by atoms with van der Waals surface area (Å²) in [6.07, 6.45) is 5.75. The van der Waals surface area contributed by atoms with E-state index in [0.717, 1.165) is 18.4 Å². The number of fused-ring (bicyclic) bond motifs is 1. The van der Waals surface area contributed by atoms with Crippen LogP contribution in [0.1, 0.15) is 40.7 Å². The zero-order valence-electron chi connectivity index (χ0n) is 10.6. The molecule has 0 radical (unpaired) electrons. The molecule has 0 saturated heterocycles. The van der Waals surface area contributed by atoms with Crippen LogP contribution < -0.4 is 11.1 Å². The van der Waals surface area contributed by atoms with Crippen molar-refractivity contribution in [3.63, 3.8) is 0 Å². The molecule has 1 aromatic rings. The molecule has 96 valence electrons. The molecule has 2 aliphatic carbocycles. The molecule has 1 saturated carbocycles. The van der Waals surface area contributed by atoms with Crippen molar-refractivity contribution in [2.45, 2.75) is 38.1 Å². The lowest BCUT2D eigenvalue weighted by molar-refractivity contribution is 0.0949. The highest BCUT2D eigenvalue weighted by Crippen LogP contribution is 2.31. The molecule has 0 bridgehead atoms. The minimum Gasteiger partial charge on any atom is -0.350 e. The zero-order chi connectivity index (χ0) is 12.5. The smallest absolute Gasteiger partial charge is 0.251 e. The molecule has 1 fully saturated rings. The number of carbonyl (C=O) groups excluding carboxylic acids is 1. The summed E-state index contributed by atoms with van der Waals surface area (Å²) >= 11 is 0. The van der Waals surface area contributed by atoms with E-state index in [2.05, 4.69) is 11.4 Å². The number of benzene rings is 1. The second kappa shape index (κ2) is 4.73. The average molecular weight is 244 g/mol.